The SMILES string of the molecule is COC(CNC(=O)N1CCC[C@H]1CO)c1cccc(Cl)c1. The number of halogens is 1. The summed E-state index contributed by atoms with van der Waals surface area (Å²) >= 11 is 5.97. The van der Waals surface area contributed by atoms with Gasteiger partial charge in [-0.25, -0.2) is 4.79 Å². The highest BCUT2D eigenvalue weighted by Crippen LogP contribution is 2.20. The van der Waals surface area contributed by atoms with Gasteiger partial charge < -0.3 is 20.1 Å². The second kappa shape index (κ2) is 7.64. The van der Waals surface area contributed by atoms with Crippen LogP contribution in [-0.2, 0) is 4.74 Å². The molecular formula is C15H21ClN2O3. The molecule has 21 heavy (non-hydrogen) atoms. The number of methoxy groups -OCH3 is 1. The Kier molecular flexibility index (Phi) is 5.85. The predicted octanol–water partition coefficient (Wildman–Crippen LogP) is 2.19. The summed E-state index contributed by atoms with van der Waals surface area (Å²) in [6.07, 6.45) is 1.54. The van der Waals surface area contributed by atoms with E-state index in [0.29, 0.717) is 18.1 Å². The van der Waals surface area contributed by atoms with Crippen LogP contribution < -0.4 is 5.32 Å². The molecular weight excluding hydrogens is 292 g/mol. The average Bonchev–Trinajstić information content (AvgIpc) is 2.96. The minimum atomic E-state index is -0.247. The summed E-state index contributed by atoms with van der Waals surface area (Å²) in [6.45, 7) is 1.06. The summed E-state index contributed by atoms with van der Waals surface area (Å²) < 4.78 is 5.42. The third kappa shape index (κ3) is 4.09. The Hall–Kier alpha value is -1.30. The van der Waals surface area contributed by atoms with Gasteiger partial charge in [0.15, 0.2) is 0 Å². The summed E-state index contributed by atoms with van der Waals surface area (Å²) in [4.78, 5) is 13.8. The van der Waals surface area contributed by atoms with Crippen molar-refractivity contribution >= 4 is 17.6 Å². The highest BCUT2D eigenvalue weighted by atomic mass is 35.5. The topological polar surface area (TPSA) is 61.8 Å². The van der Waals surface area contributed by atoms with Gasteiger partial charge in [-0.1, -0.05) is 23.7 Å². The molecule has 0 aliphatic carbocycles. The average molecular weight is 313 g/mol. The van der Waals surface area contributed by atoms with Gasteiger partial charge in [-0.05, 0) is 30.5 Å². The highest BCUT2D eigenvalue weighted by Gasteiger charge is 2.28. The number of nitrogens with zero attached hydrogens (tertiary/aromatic N) is 1. The van der Waals surface area contributed by atoms with E-state index in [1.165, 1.54) is 0 Å². The maximum absolute atomic E-state index is 12.2. The lowest BCUT2D eigenvalue weighted by atomic mass is 10.1. The molecule has 2 amide bonds. The summed E-state index contributed by atoms with van der Waals surface area (Å²) in [5, 5.41) is 12.8. The fourth-order valence-electron chi connectivity index (χ4n) is 2.62. The van der Waals surface area contributed by atoms with Crippen LogP contribution >= 0.6 is 11.6 Å². The monoisotopic (exact) mass is 312 g/mol. The van der Waals surface area contributed by atoms with E-state index in [-0.39, 0.29) is 24.8 Å². The predicted molar refractivity (Wildman–Crippen MR) is 81.4 cm³/mol. The van der Waals surface area contributed by atoms with Crippen LogP contribution in [0.3, 0.4) is 0 Å². The Labute approximate surface area is 129 Å². The van der Waals surface area contributed by atoms with Gasteiger partial charge >= 0.3 is 6.03 Å². The molecule has 1 aromatic rings. The largest absolute Gasteiger partial charge is 0.394 e. The normalized spacial score (nSPS) is 19.6. The second-order valence-electron chi connectivity index (χ2n) is 5.14. The van der Waals surface area contributed by atoms with Gasteiger partial charge in [-0.2, -0.15) is 0 Å². The number of rotatable bonds is 5. The number of aliphatic hydroxyl groups excluding tert-OH is 1. The van der Waals surface area contributed by atoms with Gasteiger partial charge in [0.2, 0.25) is 0 Å². The molecule has 5 nitrogen and oxygen atoms in total. The second-order valence-corrected chi connectivity index (χ2v) is 5.57. The number of ether oxygens (including phenoxy) is 1. The number of carbonyl (C=O) groups is 1. The van der Waals surface area contributed by atoms with Crippen molar-refractivity contribution < 1.29 is 14.6 Å². The molecule has 1 unspecified atom stereocenters. The lowest BCUT2D eigenvalue weighted by molar-refractivity contribution is 0.0993. The van der Waals surface area contributed by atoms with Crippen molar-refractivity contribution in [2.24, 2.45) is 0 Å². The molecule has 1 aliphatic rings. The fraction of sp³-hybridized carbons (Fsp3) is 0.533. The molecule has 1 aromatic carbocycles. The summed E-state index contributed by atoms with van der Waals surface area (Å²) in [6, 6.07) is 7.17. The number of likely N-dealkylation sites (tertiary alicyclic amines) is 1. The molecule has 1 saturated heterocycles. The number of carbonyl (C=O) groups excluding carboxylic acids is 1. The van der Waals surface area contributed by atoms with E-state index in [1.54, 1.807) is 18.1 Å². The molecule has 0 radical (unpaired) electrons. The fourth-order valence-corrected chi connectivity index (χ4v) is 2.82. The first kappa shape index (κ1) is 16.1. The minimum absolute atomic E-state index is 0.00934. The summed E-state index contributed by atoms with van der Waals surface area (Å²) in [5.41, 5.74) is 0.922. The van der Waals surface area contributed by atoms with Crippen LogP contribution in [0.25, 0.3) is 0 Å². The smallest absolute Gasteiger partial charge is 0.317 e. The van der Waals surface area contributed by atoms with Crippen molar-refractivity contribution in [2.75, 3.05) is 26.8 Å². The van der Waals surface area contributed by atoms with Gasteiger partial charge in [0.25, 0.3) is 0 Å². The molecule has 116 valence electrons. The summed E-state index contributed by atoms with van der Waals surface area (Å²) in [5.74, 6) is 0. The molecule has 2 atom stereocenters. The Morgan fingerprint density at radius 3 is 3.10 bits per heavy atom. The van der Waals surface area contributed by atoms with E-state index in [0.717, 1.165) is 18.4 Å². The zero-order valence-electron chi connectivity index (χ0n) is 12.1. The molecule has 1 aliphatic heterocycles. The van der Waals surface area contributed by atoms with E-state index in [9.17, 15) is 9.90 Å². The van der Waals surface area contributed by atoms with Crippen molar-refractivity contribution in [1.29, 1.82) is 0 Å². The third-order valence-corrected chi connectivity index (χ3v) is 4.03. The molecule has 2 N–H and O–H groups in total. The molecule has 6 heteroatoms. The van der Waals surface area contributed by atoms with Crippen molar-refractivity contribution in [2.45, 2.75) is 25.0 Å². The maximum Gasteiger partial charge on any atom is 0.317 e. The van der Waals surface area contributed by atoms with Gasteiger partial charge in [-0.3, -0.25) is 0 Å². The van der Waals surface area contributed by atoms with Crippen LogP contribution in [0.1, 0.15) is 24.5 Å². The Balaban J connectivity index is 1.92. The van der Waals surface area contributed by atoms with Gasteiger partial charge in [0, 0.05) is 25.2 Å². The van der Waals surface area contributed by atoms with Crippen LogP contribution in [0, 0.1) is 0 Å². The highest BCUT2D eigenvalue weighted by molar-refractivity contribution is 6.30. The number of amides is 2. The third-order valence-electron chi connectivity index (χ3n) is 3.79. The van der Waals surface area contributed by atoms with Crippen LogP contribution in [-0.4, -0.2) is 48.9 Å². The number of urea groups is 1. The molecule has 2 rings (SSSR count). The lowest BCUT2D eigenvalue weighted by Gasteiger charge is -2.25. The van der Waals surface area contributed by atoms with Crippen LogP contribution in [0.2, 0.25) is 5.02 Å². The first-order valence-corrected chi connectivity index (χ1v) is 7.47. The van der Waals surface area contributed by atoms with E-state index >= 15 is 0 Å². The Morgan fingerprint density at radius 1 is 1.62 bits per heavy atom. The Morgan fingerprint density at radius 2 is 2.43 bits per heavy atom. The molecule has 1 heterocycles. The van der Waals surface area contributed by atoms with E-state index < -0.39 is 0 Å². The number of hydrogen-bond acceptors (Lipinski definition) is 3. The molecule has 0 bridgehead atoms. The van der Waals surface area contributed by atoms with Crippen molar-refractivity contribution in [3.63, 3.8) is 0 Å². The molecule has 0 spiro atoms. The number of hydrogen-bond donors (Lipinski definition) is 2. The zero-order chi connectivity index (χ0) is 15.2. The zero-order valence-corrected chi connectivity index (χ0v) is 12.8. The van der Waals surface area contributed by atoms with Crippen molar-refractivity contribution in [3.05, 3.63) is 34.9 Å². The van der Waals surface area contributed by atoms with E-state index in [2.05, 4.69) is 5.32 Å². The Bertz CT molecular complexity index is 484. The van der Waals surface area contributed by atoms with Crippen LogP contribution in [0.15, 0.2) is 24.3 Å². The molecule has 1 fully saturated rings. The van der Waals surface area contributed by atoms with E-state index in [1.807, 2.05) is 18.2 Å². The first-order chi connectivity index (χ1) is 10.2. The number of benzene rings is 1. The quantitative estimate of drug-likeness (QED) is 0.876. The van der Waals surface area contributed by atoms with Gasteiger partial charge in [0.05, 0.1) is 18.8 Å². The standard InChI is InChI=1S/C15H21ClN2O3/c1-21-14(11-4-2-5-12(16)8-11)9-17-15(20)18-7-3-6-13(18)10-19/h2,4-5,8,13-14,19H,3,6-7,9-10H2,1H3,(H,17,20)/t13-,14?/m0/s1. The summed E-state index contributed by atoms with van der Waals surface area (Å²) in [7, 11) is 1.60. The molecule has 0 saturated carbocycles. The van der Waals surface area contributed by atoms with Crippen LogP contribution in [0.5, 0.6) is 0 Å². The van der Waals surface area contributed by atoms with Crippen molar-refractivity contribution in [1.82, 2.24) is 10.2 Å². The van der Waals surface area contributed by atoms with Gasteiger partial charge in [0.1, 0.15) is 0 Å². The van der Waals surface area contributed by atoms with Crippen molar-refractivity contribution in [3.8, 4) is 0 Å². The molecule has 0 aromatic heterocycles. The lowest BCUT2D eigenvalue weighted by Crippen LogP contribution is -2.45. The van der Waals surface area contributed by atoms with E-state index in [4.69, 9.17) is 16.3 Å². The number of nitrogens with one attached hydrogen (secondary N) is 1. The first-order valence-electron chi connectivity index (χ1n) is 7.09. The number of aliphatic hydroxyl groups is 1. The minimum Gasteiger partial charge on any atom is -0.394 e. The van der Waals surface area contributed by atoms with Crippen LogP contribution in [0.4, 0.5) is 4.79 Å². The maximum atomic E-state index is 12.2. The van der Waals surface area contributed by atoms with Gasteiger partial charge in [-0.15, -0.1) is 0 Å².